The van der Waals surface area contributed by atoms with Crippen molar-refractivity contribution in [3.8, 4) is 11.8 Å². The number of thioether (sulfide) groups is 1. The van der Waals surface area contributed by atoms with Gasteiger partial charge >= 0.3 is 5.97 Å². The van der Waals surface area contributed by atoms with Crippen LogP contribution in [0.15, 0.2) is 18.2 Å². The Hall–Kier alpha value is -1.73. The Bertz CT molecular complexity index is 537. The molecular weight excluding hydrogens is 236 g/mol. The topological polar surface area (TPSA) is 43.4 Å². The predicted molar refractivity (Wildman–Crippen MR) is 65.6 cm³/mol. The first-order chi connectivity index (χ1) is 8.16. The Morgan fingerprint density at radius 2 is 2.35 bits per heavy atom. The van der Waals surface area contributed by atoms with E-state index in [-0.39, 0.29) is 11.1 Å². The van der Waals surface area contributed by atoms with Crippen LogP contribution in [0, 0.1) is 11.8 Å². The Morgan fingerprint density at radius 3 is 3.12 bits per heavy atom. The molecule has 0 amide bonds. The lowest BCUT2D eigenvalue weighted by Gasteiger charge is -1.94. The second-order valence-corrected chi connectivity index (χ2v) is 4.68. The van der Waals surface area contributed by atoms with E-state index in [1.165, 1.54) is 18.7 Å². The quantitative estimate of drug-likeness (QED) is 0.561. The lowest BCUT2D eigenvalue weighted by molar-refractivity contribution is -0.109. The van der Waals surface area contributed by atoms with Gasteiger partial charge < -0.3 is 4.74 Å². The van der Waals surface area contributed by atoms with E-state index in [4.69, 9.17) is 4.74 Å². The van der Waals surface area contributed by atoms with Crippen LogP contribution in [-0.4, -0.2) is 16.8 Å². The van der Waals surface area contributed by atoms with Crippen LogP contribution >= 0.6 is 11.8 Å². The zero-order chi connectivity index (χ0) is 12.3. The summed E-state index contributed by atoms with van der Waals surface area (Å²) in [4.78, 5) is 21.9. The van der Waals surface area contributed by atoms with E-state index in [9.17, 15) is 9.59 Å². The van der Waals surface area contributed by atoms with Gasteiger partial charge in [-0.3, -0.25) is 4.79 Å². The van der Waals surface area contributed by atoms with Gasteiger partial charge in [0.05, 0.1) is 11.3 Å². The highest BCUT2D eigenvalue weighted by Gasteiger charge is 2.20. The molecule has 0 saturated heterocycles. The molecule has 4 heteroatoms. The highest BCUT2D eigenvalue weighted by molar-refractivity contribution is 8.13. The van der Waals surface area contributed by atoms with E-state index in [2.05, 4.69) is 11.8 Å². The Balaban J connectivity index is 2.08. The molecular formula is C13H10O3S. The number of carbonyl (C=O) groups is 2. The molecule has 0 atom stereocenters. The van der Waals surface area contributed by atoms with Crippen LogP contribution < -0.4 is 0 Å². The number of carbonyl (C=O) groups excluding carboxylic acids is 2. The van der Waals surface area contributed by atoms with Crippen molar-refractivity contribution in [2.75, 3.05) is 5.75 Å². The van der Waals surface area contributed by atoms with Gasteiger partial charge in [-0.25, -0.2) is 4.79 Å². The van der Waals surface area contributed by atoms with Gasteiger partial charge in [0, 0.05) is 18.1 Å². The van der Waals surface area contributed by atoms with E-state index in [1.54, 1.807) is 12.1 Å². The van der Waals surface area contributed by atoms with Gasteiger partial charge in [0.1, 0.15) is 6.61 Å². The largest absolute Gasteiger partial charge is 0.457 e. The molecule has 0 spiro atoms. The molecule has 2 rings (SSSR count). The SMILES string of the molecule is CC(=O)SCC#Cc1ccc2c(c1)COC2=O. The summed E-state index contributed by atoms with van der Waals surface area (Å²) in [6.07, 6.45) is 0. The first-order valence-corrected chi connectivity index (χ1v) is 6.07. The number of cyclic esters (lactones) is 1. The van der Waals surface area contributed by atoms with Crippen LogP contribution in [-0.2, 0) is 16.1 Å². The lowest BCUT2D eigenvalue weighted by atomic mass is 10.1. The van der Waals surface area contributed by atoms with Crippen molar-refractivity contribution in [1.82, 2.24) is 0 Å². The molecule has 0 fully saturated rings. The van der Waals surface area contributed by atoms with E-state index < -0.39 is 0 Å². The highest BCUT2D eigenvalue weighted by Crippen LogP contribution is 2.20. The first-order valence-electron chi connectivity index (χ1n) is 5.09. The maximum absolute atomic E-state index is 11.2. The molecule has 17 heavy (non-hydrogen) atoms. The summed E-state index contributed by atoms with van der Waals surface area (Å²) in [5, 5.41) is 0.0623. The van der Waals surface area contributed by atoms with Crippen molar-refractivity contribution in [2.24, 2.45) is 0 Å². The molecule has 0 unspecified atom stereocenters. The summed E-state index contributed by atoms with van der Waals surface area (Å²) in [6, 6.07) is 5.37. The van der Waals surface area contributed by atoms with Crippen LogP contribution in [0.5, 0.6) is 0 Å². The predicted octanol–water partition coefficient (Wildman–Crippen LogP) is 1.99. The molecule has 0 aromatic heterocycles. The zero-order valence-electron chi connectivity index (χ0n) is 9.28. The highest BCUT2D eigenvalue weighted by atomic mass is 32.2. The third-order valence-corrected chi connectivity index (χ3v) is 2.96. The van der Waals surface area contributed by atoms with Crippen LogP contribution in [0.25, 0.3) is 0 Å². The second kappa shape index (κ2) is 5.07. The van der Waals surface area contributed by atoms with Crippen LogP contribution in [0.4, 0.5) is 0 Å². The van der Waals surface area contributed by atoms with Gasteiger partial charge in [-0.15, -0.1) is 0 Å². The number of rotatable bonds is 1. The fourth-order valence-corrected chi connectivity index (χ4v) is 1.83. The Kier molecular flexibility index (Phi) is 3.50. The molecule has 0 bridgehead atoms. The second-order valence-electron chi connectivity index (χ2n) is 3.53. The van der Waals surface area contributed by atoms with E-state index >= 15 is 0 Å². The Morgan fingerprint density at radius 1 is 1.53 bits per heavy atom. The summed E-state index contributed by atoms with van der Waals surface area (Å²) >= 11 is 1.19. The van der Waals surface area contributed by atoms with Crippen molar-refractivity contribution in [1.29, 1.82) is 0 Å². The summed E-state index contributed by atoms with van der Waals surface area (Å²) in [7, 11) is 0. The van der Waals surface area contributed by atoms with Crippen molar-refractivity contribution < 1.29 is 14.3 Å². The molecule has 0 N–H and O–H groups in total. The number of hydrogen-bond acceptors (Lipinski definition) is 4. The van der Waals surface area contributed by atoms with Gasteiger partial charge in [-0.05, 0) is 18.2 Å². The van der Waals surface area contributed by atoms with E-state index in [0.29, 0.717) is 17.9 Å². The minimum absolute atomic E-state index is 0.0623. The molecule has 1 aromatic rings. The van der Waals surface area contributed by atoms with E-state index in [1.807, 2.05) is 6.07 Å². The third-order valence-electron chi connectivity index (χ3n) is 2.26. The molecule has 1 heterocycles. The molecule has 1 aromatic carbocycles. The maximum atomic E-state index is 11.2. The summed E-state index contributed by atoms with van der Waals surface area (Å²) < 4.78 is 4.90. The number of fused-ring (bicyclic) bond motifs is 1. The third kappa shape index (κ3) is 2.89. The summed E-state index contributed by atoms with van der Waals surface area (Å²) in [6.45, 7) is 1.84. The standard InChI is InChI=1S/C13H10O3S/c1-9(14)17-6-2-3-10-4-5-12-11(7-10)8-16-13(12)15/h4-5,7H,6,8H2,1H3. The normalized spacial score (nSPS) is 12.4. The van der Waals surface area contributed by atoms with Crippen molar-refractivity contribution in [2.45, 2.75) is 13.5 Å². The van der Waals surface area contributed by atoms with Gasteiger partial charge in [-0.2, -0.15) is 0 Å². The van der Waals surface area contributed by atoms with Crippen molar-refractivity contribution >= 4 is 22.8 Å². The smallest absolute Gasteiger partial charge is 0.338 e. The lowest BCUT2D eigenvalue weighted by Crippen LogP contribution is -1.93. The fraction of sp³-hybridized carbons (Fsp3) is 0.231. The van der Waals surface area contributed by atoms with E-state index in [0.717, 1.165) is 11.1 Å². The van der Waals surface area contributed by atoms with Gasteiger partial charge in [0.2, 0.25) is 0 Å². The van der Waals surface area contributed by atoms with Gasteiger partial charge in [-0.1, -0.05) is 23.6 Å². The minimum Gasteiger partial charge on any atom is -0.457 e. The maximum Gasteiger partial charge on any atom is 0.338 e. The zero-order valence-corrected chi connectivity index (χ0v) is 10.1. The molecule has 0 saturated carbocycles. The number of ether oxygens (including phenoxy) is 1. The van der Waals surface area contributed by atoms with Crippen LogP contribution in [0.3, 0.4) is 0 Å². The van der Waals surface area contributed by atoms with Crippen molar-refractivity contribution in [3.05, 3.63) is 34.9 Å². The van der Waals surface area contributed by atoms with Crippen LogP contribution in [0.1, 0.15) is 28.4 Å². The first kappa shape index (κ1) is 11.7. The summed E-state index contributed by atoms with van der Waals surface area (Å²) in [5.74, 6) is 6.07. The van der Waals surface area contributed by atoms with Gasteiger partial charge in [0.15, 0.2) is 5.12 Å². The average molecular weight is 246 g/mol. The Labute approximate surface area is 104 Å². The molecule has 0 radical (unpaired) electrons. The van der Waals surface area contributed by atoms with Crippen LogP contribution in [0.2, 0.25) is 0 Å². The molecule has 1 aliphatic rings. The average Bonchev–Trinajstić information content (AvgIpc) is 2.66. The van der Waals surface area contributed by atoms with Gasteiger partial charge in [0.25, 0.3) is 0 Å². The molecule has 0 aliphatic carbocycles. The molecule has 1 aliphatic heterocycles. The number of benzene rings is 1. The fourth-order valence-electron chi connectivity index (χ4n) is 1.49. The molecule has 86 valence electrons. The molecule has 3 nitrogen and oxygen atoms in total. The number of esters is 1. The summed E-state index contributed by atoms with van der Waals surface area (Å²) in [5.41, 5.74) is 2.33. The minimum atomic E-state index is -0.272. The monoisotopic (exact) mass is 246 g/mol. The number of hydrogen-bond donors (Lipinski definition) is 0. The van der Waals surface area contributed by atoms with Crippen molar-refractivity contribution in [3.63, 3.8) is 0 Å².